The van der Waals surface area contributed by atoms with Crippen LogP contribution in [0.1, 0.15) is 0 Å². The molecule has 7 heteroatoms. The number of amides is 1. The molecule has 0 aliphatic rings. The molecule has 1 heterocycles. The Morgan fingerprint density at radius 3 is 2.48 bits per heavy atom. The maximum absolute atomic E-state index is 12.0. The summed E-state index contributed by atoms with van der Waals surface area (Å²) in [5, 5.41) is 15.0. The number of carbonyl (C=O) groups is 1. The molecule has 0 fully saturated rings. The third-order valence-corrected chi connectivity index (χ3v) is 3.74. The quantitative estimate of drug-likeness (QED) is 0.709. The van der Waals surface area contributed by atoms with Gasteiger partial charge < -0.3 is 10.2 Å². The van der Waals surface area contributed by atoms with E-state index in [9.17, 15) is 4.79 Å². The van der Waals surface area contributed by atoms with E-state index in [0.29, 0.717) is 12.4 Å². The van der Waals surface area contributed by atoms with E-state index in [1.165, 1.54) is 4.80 Å². The summed E-state index contributed by atoms with van der Waals surface area (Å²) in [7, 11) is 1.99. The topological polar surface area (TPSA) is 75.9 Å². The highest BCUT2D eigenvalue weighted by Gasteiger charge is 2.09. The van der Waals surface area contributed by atoms with Gasteiger partial charge in [0.25, 0.3) is 0 Å². The fourth-order valence-electron chi connectivity index (χ4n) is 2.37. The summed E-state index contributed by atoms with van der Waals surface area (Å²) in [5.74, 6) is 0.371. The van der Waals surface area contributed by atoms with E-state index in [0.717, 1.165) is 17.8 Å². The molecule has 3 rings (SSSR count). The van der Waals surface area contributed by atoms with E-state index in [4.69, 9.17) is 0 Å². The van der Waals surface area contributed by atoms with Crippen LogP contribution >= 0.6 is 0 Å². The van der Waals surface area contributed by atoms with Crippen molar-refractivity contribution in [1.29, 1.82) is 0 Å². The Labute approximate surface area is 146 Å². The van der Waals surface area contributed by atoms with Crippen molar-refractivity contribution in [2.45, 2.75) is 6.54 Å². The highest BCUT2D eigenvalue weighted by atomic mass is 16.2. The summed E-state index contributed by atoms with van der Waals surface area (Å²) in [4.78, 5) is 15.4. The van der Waals surface area contributed by atoms with Crippen LogP contribution in [0.25, 0.3) is 11.4 Å². The molecule has 0 aliphatic heterocycles. The number of nitrogens with one attached hydrogen (secondary N) is 1. The van der Waals surface area contributed by atoms with Crippen molar-refractivity contribution < 1.29 is 4.79 Å². The third kappa shape index (κ3) is 4.63. The molecule has 0 spiro atoms. The predicted octanol–water partition coefficient (Wildman–Crippen LogP) is 1.59. The lowest BCUT2D eigenvalue weighted by atomic mass is 10.2. The number of hydrogen-bond acceptors (Lipinski definition) is 5. The number of benzene rings is 2. The minimum atomic E-state index is -0.140. The average Bonchev–Trinajstić information content (AvgIpc) is 3.11. The second-order valence-corrected chi connectivity index (χ2v) is 5.62. The van der Waals surface area contributed by atoms with Crippen LogP contribution in [-0.4, -0.2) is 46.3 Å². The molecular formula is C18H20N6O. The minimum Gasteiger partial charge on any atom is -0.373 e. The Morgan fingerprint density at radius 2 is 1.76 bits per heavy atom. The fraction of sp³-hybridized carbons (Fsp3) is 0.222. The SMILES string of the molecule is CN(CCNC(=O)Cn1nnc(-c2ccccc2)n1)c1ccccc1. The zero-order valence-electron chi connectivity index (χ0n) is 14.0. The first-order valence-electron chi connectivity index (χ1n) is 8.08. The van der Waals surface area contributed by atoms with E-state index in [2.05, 4.69) is 25.6 Å². The molecule has 2 aromatic carbocycles. The molecule has 128 valence electrons. The van der Waals surface area contributed by atoms with Crippen molar-refractivity contribution in [3.8, 4) is 11.4 Å². The van der Waals surface area contributed by atoms with Crippen LogP contribution in [0.3, 0.4) is 0 Å². The molecule has 0 bridgehead atoms. The van der Waals surface area contributed by atoms with Crippen LogP contribution in [0.4, 0.5) is 5.69 Å². The molecule has 25 heavy (non-hydrogen) atoms. The zero-order chi connectivity index (χ0) is 17.5. The van der Waals surface area contributed by atoms with Gasteiger partial charge in [-0.2, -0.15) is 4.80 Å². The lowest BCUT2D eigenvalue weighted by Gasteiger charge is -2.19. The van der Waals surface area contributed by atoms with E-state index in [1.807, 2.05) is 67.7 Å². The molecule has 0 radical (unpaired) electrons. The van der Waals surface area contributed by atoms with Crippen molar-refractivity contribution in [2.24, 2.45) is 0 Å². The van der Waals surface area contributed by atoms with Crippen LogP contribution < -0.4 is 10.2 Å². The molecule has 0 saturated carbocycles. The van der Waals surface area contributed by atoms with E-state index >= 15 is 0 Å². The lowest BCUT2D eigenvalue weighted by molar-refractivity contribution is -0.122. The Hall–Kier alpha value is -3.22. The number of carbonyl (C=O) groups excluding carboxylic acids is 1. The van der Waals surface area contributed by atoms with Gasteiger partial charge in [0.1, 0.15) is 6.54 Å². The smallest absolute Gasteiger partial charge is 0.243 e. The highest BCUT2D eigenvalue weighted by molar-refractivity contribution is 5.75. The first kappa shape index (κ1) is 16.6. The van der Waals surface area contributed by atoms with Gasteiger partial charge in [0.15, 0.2) is 0 Å². The summed E-state index contributed by atoms with van der Waals surface area (Å²) >= 11 is 0. The van der Waals surface area contributed by atoms with Gasteiger partial charge in [0.05, 0.1) is 0 Å². The number of aromatic nitrogens is 4. The molecule has 0 unspecified atom stereocenters. The number of para-hydroxylation sites is 1. The standard InChI is InChI=1S/C18H20N6O/c1-23(16-10-6-3-7-11-16)13-12-19-17(25)14-24-21-18(20-22-24)15-8-4-2-5-9-15/h2-11H,12-14H2,1H3,(H,19,25). The molecular weight excluding hydrogens is 316 g/mol. The lowest BCUT2D eigenvalue weighted by Crippen LogP contribution is -2.35. The maximum atomic E-state index is 12.0. The summed E-state index contributed by atoms with van der Waals surface area (Å²) in [6.07, 6.45) is 0. The summed E-state index contributed by atoms with van der Waals surface area (Å²) in [6, 6.07) is 19.6. The van der Waals surface area contributed by atoms with Gasteiger partial charge in [-0.3, -0.25) is 4.79 Å². The van der Waals surface area contributed by atoms with Crippen LogP contribution in [0.5, 0.6) is 0 Å². The van der Waals surface area contributed by atoms with Gasteiger partial charge in [-0.05, 0) is 17.3 Å². The van der Waals surface area contributed by atoms with Crippen molar-refractivity contribution in [3.63, 3.8) is 0 Å². The van der Waals surface area contributed by atoms with Crippen LogP contribution in [0, 0.1) is 0 Å². The summed E-state index contributed by atoms with van der Waals surface area (Å²) < 4.78 is 0. The largest absolute Gasteiger partial charge is 0.373 e. The van der Waals surface area contributed by atoms with Crippen LogP contribution in [0.15, 0.2) is 60.7 Å². The molecule has 1 amide bonds. The maximum Gasteiger partial charge on any atom is 0.243 e. The Bertz CT molecular complexity index is 803. The molecule has 1 N–H and O–H groups in total. The number of likely N-dealkylation sites (N-methyl/N-ethyl adjacent to an activating group) is 1. The number of nitrogens with zero attached hydrogens (tertiary/aromatic N) is 5. The number of tetrazole rings is 1. The van der Waals surface area contributed by atoms with Crippen molar-refractivity contribution >= 4 is 11.6 Å². The van der Waals surface area contributed by atoms with Gasteiger partial charge >= 0.3 is 0 Å². The van der Waals surface area contributed by atoms with E-state index < -0.39 is 0 Å². The molecule has 0 atom stereocenters. The zero-order valence-corrected chi connectivity index (χ0v) is 14.0. The van der Waals surface area contributed by atoms with Crippen LogP contribution in [-0.2, 0) is 11.3 Å². The van der Waals surface area contributed by atoms with Gasteiger partial charge in [-0.25, -0.2) is 0 Å². The highest BCUT2D eigenvalue weighted by Crippen LogP contribution is 2.11. The minimum absolute atomic E-state index is 0.0505. The third-order valence-electron chi connectivity index (χ3n) is 3.74. The van der Waals surface area contributed by atoms with Gasteiger partial charge in [-0.1, -0.05) is 48.5 Å². The van der Waals surface area contributed by atoms with Gasteiger partial charge in [-0.15, -0.1) is 10.2 Å². The Kier molecular flexibility index (Phi) is 5.36. The van der Waals surface area contributed by atoms with Crippen molar-refractivity contribution in [3.05, 3.63) is 60.7 Å². The molecule has 1 aromatic heterocycles. The molecule has 7 nitrogen and oxygen atoms in total. The fourth-order valence-corrected chi connectivity index (χ4v) is 2.37. The Balaban J connectivity index is 1.46. The van der Waals surface area contributed by atoms with E-state index in [-0.39, 0.29) is 12.5 Å². The summed E-state index contributed by atoms with van der Waals surface area (Å²) in [6.45, 7) is 1.31. The molecule has 0 aliphatic carbocycles. The average molecular weight is 336 g/mol. The second-order valence-electron chi connectivity index (χ2n) is 5.62. The monoisotopic (exact) mass is 336 g/mol. The van der Waals surface area contributed by atoms with Crippen LogP contribution in [0.2, 0.25) is 0 Å². The van der Waals surface area contributed by atoms with Gasteiger partial charge in [0, 0.05) is 31.4 Å². The van der Waals surface area contributed by atoms with Crippen molar-refractivity contribution in [1.82, 2.24) is 25.5 Å². The molecule has 3 aromatic rings. The first-order valence-corrected chi connectivity index (χ1v) is 8.08. The normalized spacial score (nSPS) is 10.4. The summed E-state index contributed by atoms with van der Waals surface area (Å²) in [5.41, 5.74) is 1.99. The van der Waals surface area contributed by atoms with Gasteiger partial charge in [0.2, 0.25) is 11.7 Å². The molecule has 0 saturated heterocycles. The number of anilines is 1. The predicted molar refractivity (Wildman–Crippen MR) is 96.0 cm³/mol. The second kappa shape index (κ2) is 8.05. The Morgan fingerprint density at radius 1 is 1.08 bits per heavy atom. The number of hydrogen-bond donors (Lipinski definition) is 1. The number of rotatable bonds is 7. The first-order chi connectivity index (χ1) is 12.2. The van der Waals surface area contributed by atoms with Crippen molar-refractivity contribution in [2.75, 3.05) is 25.0 Å². The van der Waals surface area contributed by atoms with E-state index in [1.54, 1.807) is 0 Å².